The Labute approximate surface area is 169 Å². The number of H-pyrrole nitrogens is 1. The molecule has 0 saturated carbocycles. The summed E-state index contributed by atoms with van der Waals surface area (Å²) in [5.41, 5.74) is 1.72. The largest absolute Gasteiger partial charge is 0.493 e. The fraction of sp³-hybridized carbons (Fsp3) is 0.143. The molecule has 0 fully saturated rings. The number of ether oxygens (including phenoxy) is 2. The smallest absolute Gasteiger partial charge is 0.266 e. The number of thiazole rings is 2. The summed E-state index contributed by atoms with van der Waals surface area (Å²) in [4.78, 5) is 19.9. The quantitative estimate of drug-likeness (QED) is 0.549. The third-order valence-electron chi connectivity index (χ3n) is 4.03. The van der Waals surface area contributed by atoms with Gasteiger partial charge in [0.15, 0.2) is 11.5 Å². The first kappa shape index (κ1) is 18.5. The van der Waals surface area contributed by atoms with Crippen molar-refractivity contribution in [3.63, 3.8) is 0 Å². The van der Waals surface area contributed by atoms with Crippen molar-refractivity contribution in [3.8, 4) is 11.5 Å². The van der Waals surface area contributed by atoms with E-state index in [1.807, 2.05) is 61.5 Å². The first-order valence-electron chi connectivity index (χ1n) is 8.75. The average molecular weight is 411 g/mol. The van der Waals surface area contributed by atoms with Crippen molar-refractivity contribution >= 4 is 45.0 Å². The lowest BCUT2D eigenvalue weighted by Crippen LogP contribution is -2.19. The van der Waals surface area contributed by atoms with Crippen molar-refractivity contribution in [3.05, 3.63) is 72.6 Å². The van der Waals surface area contributed by atoms with Gasteiger partial charge in [-0.25, -0.2) is 4.98 Å². The van der Waals surface area contributed by atoms with Crippen molar-refractivity contribution in [2.75, 3.05) is 13.7 Å². The zero-order chi connectivity index (χ0) is 19.5. The molecule has 4 rings (SSSR count). The lowest BCUT2D eigenvalue weighted by atomic mass is 10.2. The molecule has 0 unspecified atom stereocenters. The van der Waals surface area contributed by atoms with Gasteiger partial charge in [0.05, 0.1) is 33.1 Å². The van der Waals surface area contributed by atoms with E-state index in [0.717, 1.165) is 25.5 Å². The van der Waals surface area contributed by atoms with Crippen LogP contribution in [0.4, 0.5) is 0 Å². The van der Waals surface area contributed by atoms with Crippen LogP contribution in [0.2, 0.25) is 0 Å². The van der Waals surface area contributed by atoms with E-state index in [0.29, 0.717) is 22.6 Å². The number of nitrogens with zero attached hydrogens (tertiary/aromatic N) is 1. The van der Waals surface area contributed by atoms with E-state index in [1.165, 1.54) is 11.3 Å². The lowest BCUT2D eigenvalue weighted by molar-refractivity contribution is 0.311. The summed E-state index contributed by atoms with van der Waals surface area (Å²) in [7, 11) is 1.60. The van der Waals surface area contributed by atoms with Gasteiger partial charge in [0.1, 0.15) is 5.01 Å². The standard InChI is InChI=1S/C21H18N2O3S2/c1-3-26-15-9-8-13(10-16(15)25-2)11-18-21(24)23-20(28-18)12-19-22-14-6-4-5-7-17(14)27-19/h4-12H,3H2,1-2H3,(H,23,24)/b18-11-,20-12+. The van der Waals surface area contributed by atoms with Crippen LogP contribution in [0.1, 0.15) is 17.5 Å². The third kappa shape index (κ3) is 3.85. The van der Waals surface area contributed by atoms with Gasteiger partial charge in [-0.05, 0) is 42.8 Å². The van der Waals surface area contributed by atoms with E-state index in [9.17, 15) is 4.79 Å². The van der Waals surface area contributed by atoms with Crippen LogP contribution in [0.25, 0.3) is 22.4 Å². The summed E-state index contributed by atoms with van der Waals surface area (Å²) in [5, 5.41) is 0.869. The fourth-order valence-corrected chi connectivity index (χ4v) is 4.66. The number of aromatic nitrogens is 2. The van der Waals surface area contributed by atoms with Crippen molar-refractivity contribution in [1.82, 2.24) is 9.97 Å². The van der Waals surface area contributed by atoms with Gasteiger partial charge in [0.2, 0.25) is 0 Å². The van der Waals surface area contributed by atoms with Crippen LogP contribution >= 0.6 is 22.7 Å². The molecule has 0 amide bonds. The number of fused-ring (bicyclic) bond motifs is 1. The summed E-state index contributed by atoms with van der Waals surface area (Å²) in [5.74, 6) is 1.33. The molecule has 2 aromatic carbocycles. The molecule has 4 aromatic rings. The Bertz CT molecular complexity index is 1270. The fourth-order valence-electron chi connectivity index (χ4n) is 2.79. The molecule has 1 N–H and O–H groups in total. The van der Waals surface area contributed by atoms with E-state index in [2.05, 4.69) is 9.97 Å². The number of rotatable bonds is 5. The maximum absolute atomic E-state index is 12.4. The molecule has 7 heteroatoms. The van der Waals surface area contributed by atoms with Crippen molar-refractivity contribution in [2.24, 2.45) is 0 Å². The van der Waals surface area contributed by atoms with Crippen molar-refractivity contribution in [1.29, 1.82) is 0 Å². The molecule has 28 heavy (non-hydrogen) atoms. The zero-order valence-electron chi connectivity index (χ0n) is 15.4. The molecule has 0 spiro atoms. The summed E-state index contributed by atoms with van der Waals surface area (Å²) < 4.78 is 13.4. The van der Waals surface area contributed by atoms with E-state index in [4.69, 9.17) is 9.47 Å². The summed E-state index contributed by atoms with van der Waals surface area (Å²) in [6, 6.07) is 13.6. The number of aromatic amines is 1. The van der Waals surface area contributed by atoms with E-state index in [1.54, 1.807) is 18.4 Å². The number of nitrogens with one attached hydrogen (secondary N) is 1. The molecule has 0 bridgehead atoms. The van der Waals surface area contributed by atoms with Crippen LogP contribution < -0.4 is 24.2 Å². The number of benzene rings is 2. The van der Waals surface area contributed by atoms with Gasteiger partial charge in [-0.2, -0.15) is 0 Å². The van der Waals surface area contributed by atoms with Gasteiger partial charge in [0, 0.05) is 6.08 Å². The van der Waals surface area contributed by atoms with Crippen LogP contribution in [0.3, 0.4) is 0 Å². The highest BCUT2D eigenvalue weighted by molar-refractivity contribution is 7.19. The Morgan fingerprint density at radius 3 is 2.75 bits per heavy atom. The van der Waals surface area contributed by atoms with Gasteiger partial charge in [-0.1, -0.05) is 18.2 Å². The maximum atomic E-state index is 12.4. The molecule has 142 valence electrons. The van der Waals surface area contributed by atoms with Crippen LogP contribution in [0.5, 0.6) is 11.5 Å². The Morgan fingerprint density at radius 1 is 1.11 bits per heavy atom. The number of para-hydroxylation sites is 1. The molecular weight excluding hydrogens is 392 g/mol. The van der Waals surface area contributed by atoms with E-state index >= 15 is 0 Å². The molecule has 0 radical (unpaired) electrons. The highest BCUT2D eigenvalue weighted by Crippen LogP contribution is 2.28. The minimum atomic E-state index is -0.120. The summed E-state index contributed by atoms with van der Waals surface area (Å²) >= 11 is 3.00. The van der Waals surface area contributed by atoms with Crippen LogP contribution in [0.15, 0.2) is 47.3 Å². The second-order valence-electron chi connectivity index (χ2n) is 5.94. The minimum absolute atomic E-state index is 0.120. The van der Waals surface area contributed by atoms with Crippen molar-refractivity contribution < 1.29 is 9.47 Å². The SMILES string of the molecule is CCOc1ccc(/C=c2\s/c(=C/c3nc4ccccc4s3)[nH]c2=O)cc1OC. The van der Waals surface area contributed by atoms with Crippen LogP contribution in [-0.4, -0.2) is 23.7 Å². The molecule has 0 atom stereocenters. The van der Waals surface area contributed by atoms with E-state index < -0.39 is 0 Å². The average Bonchev–Trinajstić information content (AvgIpc) is 3.25. The van der Waals surface area contributed by atoms with Crippen LogP contribution in [0, 0.1) is 0 Å². The third-order valence-corrected chi connectivity index (χ3v) is 5.98. The normalized spacial score (nSPS) is 12.6. The van der Waals surface area contributed by atoms with E-state index in [-0.39, 0.29) is 5.56 Å². The molecule has 2 aromatic heterocycles. The summed E-state index contributed by atoms with van der Waals surface area (Å²) in [6.07, 6.45) is 3.75. The molecule has 0 aliphatic rings. The Hall–Kier alpha value is -2.90. The molecular formula is C21H18N2O3S2. The first-order valence-corrected chi connectivity index (χ1v) is 10.4. The van der Waals surface area contributed by atoms with Gasteiger partial charge in [0.25, 0.3) is 5.56 Å². The number of hydrogen-bond donors (Lipinski definition) is 1. The Morgan fingerprint density at radius 2 is 1.96 bits per heavy atom. The molecule has 0 aliphatic heterocycles. The van der Waals surface area contributed by atoms with Gasteiger partial charge < -0.3 is 14.5 Å². The second kappa shape index (κ2) is 8.00. The Kier molecular flexibility index (Phi) is 5.27. The van der Waals surface area contributed by atoms with Crippen LogP contribution in [-0.2, 0) is 0 Å². The monoisotopic (exact) mass is 410 g/mol. The Balaban J connectivity index is 1.72. The second-order valence-corrected chi connectivity index (χ2v) is 8.08. The molecule has 0 aliphatic carbocycles. The van der Waals surface area contributed by atoms with Gasteiger partial charge in [-0.15, -0.1) is 22.7 Å². The highest BCUT2D eigenvalue weighted by Gasteiger charge is 2.05. The number of hydrogen-bond acceptors (Lipinski definition) is 6. The van der Waals surface area contributed by atoms with Gasteiger partial charge >= 0.3 is 0 Å². The maximum Gasteiger partial charge on any atom is 0.266 e. The first-order chi connectivity index (χ1) is 13.7. The number of methoxy groups -OCH3 is 1. The highest BCUT2D eigenvalue weighted by atomic mass is 32.1. The molecule has 0 saturated heterocycles. The zero-order valence-corrected chi connectivity index (χ0v) is 17.0. The molecule has 5 nitrogen and oxygen atoms in total. The predicted octanol–water partition coefficient (Wildman–Crippen LogP) is 3.11. The predicted molar refractivity (Wildman–Crippen MR) is 115 cm³/mol. The summed E-state index contributed by atoms with van der Waals surface area (Å²) in [6.45, 7) is 2.49. The van der Waals surface area contributed by atoms with Crippen molar-refractivity contribution in [2.45, 2.75) is 6.92 Å². The minimum Gasteiger partial charge on any atom is -0.493 e. The lowest BCUT2D eigenvalue weighted by Gasteiger charge is -2.09. The topological polar surface area (TPSA) is 64.2 Å². The molecule has 2 heterocycles. The van der Waals surface area contributed by atoms with Gasteiger partial charge in [-0.3, -0.25) is 4.79 Å².